The van der Waals surface area contributed by atoms with Crippen molar-refractivity contribution < 1.29 is 4.79 Å². The van der Waals surface area contributed by atoms with E-state index >= 15 is 0 Å². The third kappa shape index (κ3) is 5.36. The largest absolute Gasteiger partial charge is 0.346 e. The van der Waals surface area contributed by atoms with Crippen LogP contribution in [0.25, 0.3) is 11.0 Å². The van der Waals surface area contributed by atoms with Gasteiger partial charge in [0.1, 0.15) is 5.82 Å². The number of imidazole rings is 1. The molecule has 31 heavy (non-hydrogen) atoms. The zero-order valence-corrected chi connectivity index (χ0v) is 18.4. The number of thioether (sulfide) groups is 1. The first-order valence-corrected chi connectivity index (χ1v) is 12.0. The standard InChI is InChI=1S/C26H27N3OS/c1-31-17-16-24(26-28-22-14-8-9-15-23(22)29-26)27-25(30)18-21(19-10-4-2-5-11-19)20-12-6-3-7-13-20/h2-15,21,24H,16-18H2,1H3,(H,27,30)(H,28,29)/t24-/m1/s1. The number of para-hydroxylation sites is 2. The van der Waals surface area contributed by atoms with Gasteiger partial charge in [0.05, 0.1) is 17.1 Å². The molecule has 2 N–H and O–H groups in total. The third-order valence-electron chi connectivity index (χ3n) is 5.48. The molecule has 1 aromatic heterocycles. The molecule has 0 unspecified atom stereocenters. The summed E-state index contributed by atoms with van der Waals surface area (Å²) in [6.07, 6.45) is 3.30. The molecule has 4 rings (SSSR count). The number of H-pyrrole nitrogens is 1. The van der Waals surface area contributed by atoms with E-state index in [2.05, 4.69) is 40.8 Å². The van der Waals surface area contributed by atoms with E-state index in [1.54, 1.807) is 11.8 Å². The van der Waals surface area contributed by atoms with Crippen LogP contribution in [0.5, 0.6) is 0 Å². The van der Waals surface area contributed by atoms with E-state index in [1.807, 2.05) is 60.7 Å². The minimum Gasteiger partial charge on any atom is -0.346 e. The third-order valence-corrected chi connectivity index (χ3v) is 6.12. The quantitative estimate of drug-likeness (QED) is 0.359. The molecule has 3 aromatic carbocycles. The van der Waals surface area contributed by atoms with Crippen LogP contribution in [-0.2, 0) is 4.79 Å². The molecule has 0 aliphatic carbocycles. The first kappa shape index (κ1) is 21.2. The molecule has 0 aliphatic heterocycles. The van der Waals surface area contributed by atoms with Crippen molar-refractivity contribution in [1.82, 2.24) is 15.3 Å². The Morgan fingerprint density at radius 3 is 2.16 bits per heavy atom. The van der Waals surface area contributed by atoms with Gasteiger partial charge in [-0.3, -0.25) is 4.79 Å². The van der Waals surface area contributed by atoms with Crippen molar-refractivity contribution in [2.24, 2.45) is 0 Å². The Kier molecular flexibility index (Phi) is 7.05. The molecule has 0 fully saturated rings. The van der Waals surface area contributed by atoms with E-state index in [0.717, 1.165) is 40.2 Å². The second-order valence-corrected chi connectivity index (χ2v) is 8.60. The number of amides is 1. The highest BCUT2D eigenvalue weighted by molar-refractivity contribution is 7.98. The maximum absolute atomic E-state index is 13.2. The SMILES string of the molecule is CSCC[C@@H](NC(=O)CC(c1ccccc1)c1ccccc1)c1nc2ccccc2[nH]1. The maximum atomic E-state index is 13.2. The van der Waals surface area contributed by atoms with Gasteiger partial charge in [0.25, 0.3) is 0 Å². The molecule has 1 heterocycles. The molecular weight excluding hydrogens is 402 g/mol. The Hall–Kier alpha value is -3.05. The van der Waals surface area contributed by atoms with Crippen LogP contribution >= 0.6 is 11.8 Å². The van der Waals surface area contributed by atoms with Crippen LogP contribution in [-0.4, -0.2) is 27.9 Å². The number of fused-ring (bicyclic) bond motifs is 1. The number of carbonyl (C=O) groups excluding carboxylic acids is 1. The average Bonchev–Trinajstić information content (AvgIpc) is 3.25. The van der Waals surface area contributed by atoms with E-state index < -0.39 is 0 Å². The summed E-state index contributed by atoms with van der Waals surface area (Å²) in [5.74, 6) is 1.81. The van der Waals surface area contributed by atoms with Crippen molar-refractivity contribution in [2.75, 3.05) is 12.0 Å². The molecule has 0 aliphatic rings. The lowest BCUT2D eigenvalue weighted by Crippen LogP contribution is -2.31. The van der Waals surface area contributed by atoms with Crippen LogP contribution in [0.1, 0.15) is 41.8 Å². The zero-order chi connectivity index (χ0) is 21.5. The summed E-state index contributed by atoms with van der Waals surface area (Å²) >= 11 is 1.77. The fourth-order valence-corrected chi connectivity index (χ4v) is 4.36. The van der Waals surface area contributed by atoms with Crippen molar-refractivity contribution in [3.05, 3.63) is 102 Å². The lowest BCUT2D eigenvalue weighted by molar-refractivity contribution is -0.122. The first-order chi connectivity index (χ1) is 15.2. The van der Waals surface area contributed by atoms with Gasteiger partial charge in [-0.05, 0) is 41.7 Å². The molecule has 1 amide bonds. The van der Waals surface area contributed by atoms with E-state index in [4.69, 9.17) is 4.98 Å². The van der Waals surface area contributed by atoms with Crippen molar-refractivity contribution in [3.63, 3.8) is 0 Å². The monoisotopic (exact) mass is 429 g/mol. The summed E-state index contributed by atoms with van der Waals surface area (Å²) in [7, 11) is 0. The lowest BCUT2D eigenvalue weighted by Gasteiger charge is -2.21. The van der Waals surface area contributed by atoms with Crippen molar-refractivity contribution >= 4 is 28.7 Å². The van der Waals surface area contributed by atoms with Gasteiger partial charge in [-0.2, -0.15) is 11.8 Å². The number of benzene rings is 3. The van der Waals surface area contributed by atoms with Gasteiger partial charge < -0.3 is 10.3 Å². The van der Waals surface area contributed by atoms with E-state index in [-0.39, 0.29) is 17.9 Å². The van der Waals surface area contributed by atoms with Crippen molar-refractivity contribution in [1.29, 1.82) is 0 Å². The van der Waals surface area contributed by atoms with Gasteiger partial charge in [0, 0.05) is 12.3 Å². The van der Waals surface area contributed by atoms with E-state index in [0.29, 0.717) is 6.42 Å². The van der Waals surface area contributed by atoms with Gasteiger partial charge in [-0.25, -0.2) is 4.98 Å². The molecule has 4 nitrogen and oxygen atoms in total. The Labute approximate surface area is 187 Å². The Bertz CT molecular complexity index is 1040. The second-order valence-electron chi connectivity index (χ2n) is 7.62. The molecule has 0 radical (unpaired) electrons. The number of nitrogens with one attached hydrogen (secondary N) is 2. The Morgan fingerprint density at radius 2 is 1.55 bits per heavy atom. The first-order valence-electron chi connectivity index (χ1n) is 10.6. The number of nitrogens with zero attached hydrogens (tertiary/aromatic N) is 1. The molecule has 0 saturated heterocycles. The molecule has 4 aromatic rings. The number of aromatic nitrogens is 2. The summed E-state index contributed by atoms with van der Waals surface area (Å²) in [6, 6.07) is 28.3. The van der Waals surface area contributed by atoms with Gasteiger partial charge in [0.2, 0.25) is 5.91 Å². The zero-order valence-electron chi connectivity index (χ0n) is 17.6. The number of carbonyl (C=O) groups is 1. The van der Waals surface area contributed by atoms with Crippen LogP contribution in [0.2, 0.25) is 0 Å². The predicted octanol–water partition coefficient (Wildman–Crippen LogP) is 5.70. The molecule has 0 spiro atoms. The lowest BCUT2D eigenvalue weighted by atomic mass is 9.88. The molecule has 158 valence electrons. The van der Waals surface area contributed by atoms with Crippen LogP contribution in [0.15, 0.2) is 84.9 Å². The normalized spacial score (nSPS) is 12.2. The second kappa shape index (κ2) is 10.3. The molecule has 0 saturated carbocycles. The average molecular weight is 430 g/mol. The Balaban J connectivity index is 1.55. The topological polar surface area (TPSA) is 57.8 Å². The maximum Gasteiger partial charge on any atom is 0.221 e. The highest BCUT2D eigenvalue weighted by atomic mass is 32.2. The molecule has 0 bridgehead atoms. The fraction of sp³-hybridized carbons (Fsp3) is 0.231. The molecule has 1 atom stereocenters. The summed E-state index contributed by atoms with van der Waals surface area (Å²) in [4.78, 5) is 21.3. The summed E-state index contributed by atoms with van der Waals surface area (Å²) < 4.78 is 0. The van der Waals surface area contributed by atoms with E-state index in [1.165, 1.54) is 0 Å². The van der Waals surface area contributed by atoms with Gasteiger partial charge in [0.15, 0.2) is 0 Å². The number of hydrogen-bond acceptors (Lipinski definition) is 3. The highest BCUT2D eigenvalue weighted by Crippen LogP contribution is 2.28. The summed E-state index contributed by atoms with van der Waals surface area (Å²) in [5.41, 5.74) is 4.21. The van der Waals surface area contributed by atoms with Crippen molar-refractivity contribution in [3.8, 4) is 0 Å². The van der Waals surface area contributed by atoms with Crippen LogP contribution in [0, 0.1) is 0 Å². The molecule has 5 heteroatoms. The van der Waals surface area contributed by atoms with Crippen molar-refractivity contribution in [2.45, 2.75) is 24.8 Å². The Morgan fingerprint density at radius 1 is 0.935 bits per heavy atom. The van der Waals surface area contributed by atoms with Gasteiger partial charge in [-0.15, -0.1) is 0 Å². The summed E-state index contributed by atoms with van der Waals surface area (Å²) in [6.45, 7) is 0. The minimum atomic E-state index is -0.139. The number of rotatable bonds is 9. The van der Waals surface area contributed by atoms with Crippen LogP contribution < -0.4 is 5.32 Å². The fourth-order valence-electron chi connectivity index (χ4n) is 3.89. The smallest absolute Gasteiger partial charge is 0.221 e. The van der Waals surface area contributed by atoms with Gasteiger partial charge in [-0.1, -0.05) is 72.8 Å². The highest BCUT2D eigenvalue weighted by Gasteiger charge is 2.22. The molecular formula is C26H27N3OS. The van der Waals surface area contributed by atoms with E-state index in [9.17, 15) is 4.79 Å². The minimum absolute atomic E-state index is 0.0132. The summed E-state index contributed by atoms with van der Waals surface area (Å²) in [5, 5.41) is 3.25. The number of aromatic amines is 1. The predicted molar refractivity (Wildman–Crippen MR) is 129 cm³/mol. The van der Waals surface area contributed by atoms with Crippen LogP contribution in [0.3, 0.4) is 0 Å². The number of hydrogen-bond donors (Lipinski definition) is 2. The van der Waals surface area contributed by atoms with Crippen LogP contribution in [0.4, 0.5) is 0 Å². The van der Waals surface area contributed by atoms with Gasteiger partial charge >= 0.3 is 0 Å².